The number of aliphatic hydroxyl groups excluding tert-OH is 1. The van der Waals surface area contributed by atoms with Crippen molar-refractivity contribution in [3.05, 3.63) is 0 Å². The van der Waals surface area contributed by atoms with E-state index >= 15 is 0 Å². The number of aliphatic hydroxyl groups is 1. The second-order valence-electron chi connectivity index (χ2n) is 6.16. The topological polar surface area (TPSA) is 70.6 Å². The van der Waals surface area contributed by atoms with Crippen molar-refractivity contribution in [1.82, 2.24) is 10.6 Å². The highest BCUT2D eigenvalue weighted by Crippen LogP contribution is 2.20. The molecule has 1 saturated carbocycles. The average Bonchev–Trinajstić information content (AvgIpc) is 2.27. The Kier molecular flexibility index (Phi) is 7.69. The molecule has 118 valence electrons. The minimum Gasteiger partial charge on any atom is -0.444 e. The predicted octanol–water partition coefficient (Wildman–Crippen LogP) is 1.75. The van der Waals surface area contributed by atoms with E-state index in [0.29, 0.717) is 6.04 Å². The molecule has 0 aromatic carbocycles. The molecule has 1 fully saturated rings. The smallest absolute Gasteiger partial charge is 0.407 e. The lowest BCUT2D eigenvalue weighted by Gasteiger charge is -2.36. The Morgan fingerprint density at radius 3 is 2.60 bits per heavy atom. The molecule has 0 spiro atoms. The molecule has 5 nitrogen and oxygen atoms in total. The van der Waals surface area contributed by atoms with E-state index < -0.39 is 5.60 Å². The van der Waals surface area contributed by atoms with E-state index in [0.717, 1.165) is 37.3 Å². The summed E-state index contributed by atoms with van der Waals surface area (Å²) in [6, 6.07) is 0.748. The highest BCUT2D eigenvalue weighted by Gasteiger charge is 2.30. The molecule has 20 heavy (non-hydrogen) atoms. The lowest BCUT2D eigenvalue weighted by Crippen LogP contribution is -2.53. The average molecular weight is 304 g/mol. The fourth-order valence-corrected chi connectivity index (χ4v) is 2.78. The first-order valence-electron chi connectivity index (χ1n) is 7.32. The standard InChI is InChI=1S/C14H28N2O3S/c1-14(2,3)19-13(18)16-12-9-11(10-12)15-5-8-20-7-4-6-17/h11-12,15,17H,4-10H2,1-3H3,(H,16,18). The van der Waals surface area contributed by atoms with E-state index in [1.807, 2.05) is 32.5 Å². The Hall–Kier alpha value is -0.460. The highest BCUT2D eigenvalue weighted by molar-refractivity contribution is 7.99. The Labute approximate surface area is 126 Å². The van der Waals surface area contributed by atoms with Crippen LogP contribution in [0.2, 0.25) is 0 Å². The van der Waals surface area contributed by atoms with E-state index in [1.54, 1.807) is 0 Å². The number of carbonyl (C=O) groups is 1. The molecule has 6 heteroatoms. The second-order valence-corrected chi connectivity index (χ2v) is 7.38. The van der Waals surface area contributed by atoms with Crippen LogP contribution < -0.4 is 10.6 Å². The first kappa shape index (κ1) is 17.6. The van der Waals surface area contributed by atoms with Gasteiger partial charge < -0.3 is 20.5 Å². The number of rotatable bonds is 8. The number of hydrogen-bond acceptors (Lipinski definition) is 5. The summed E-state index contributed by atoms with van der Waals surface area (Å²) in [5.41, 5.74) is -0.433. The zero-order valence-electron chi connectivity index (χ0n) is 12.8. The summed E-state index contributed by atoms with van der Waals surface area (Å²) >= 11 is 1.86. The van der Waals surface area contributed by atoms with E-state index in [1.165, 1.54) is 0 Å². The molecular formula is C14H28N2O3S. The lowest BCUT2D eigenvalue weighted by molar-refractivity contribution is 0.0466. The van der Waals surface area contributed by atoms with Gasteiger partial charge >= 0.3 is 6.09 Å². The Morgan fingerprint density at radius 2 is 2.00 bits per heavy atom. The minimum absolute atomic E-state index is 0.240. The maximum atomic E-state index is 11.6. The second kappa shape index (κ2) is 8.74. The van der Waals surface area contributed by atoms with Crippen LogP contribution in [0.1, 0.15) is 40.0 Å². The van der Waals surface area contributed by atoms with Crippen molar-refractivity contribution in [1.29, 1.82) is 0 Å². The van der Waals surface area contributed by atoms with Gasteiger partial charge in [0, 0.05) is 31.0 Å². The van der Waals surface area contributed by atoms with Crippen LogP contribution in [0.25, 0.3) is 0 Å². The summed E-state index contributed by atoms with van der Waals surface area (Å²) in [5, 5.41) is 15.0. The molecule has 1 aliphatic carbocycles. The molecule has 0 saturated heterocycles. The van der Waals surface area contributed by atoms with Gasteiger partial charge in [0.2, 0.25) is 0 Å². The highest BCUT2D eigenvalue weighted by atomic mass is 32.2. The number of amides is 1. The molecule has 1 amide bonds. The molecule has 0 heterocycles. The SMILES string of the molecule is CC(C)(C)OC(=O)NC1CC(NCCSCCCO)C1. The fourth-order valence-electron chi connectivity index (χ4n) is 1.98. The van der Waals surface area contributed by atoms with Crippen molar-refractivity contribution >= 4 is 17.9 Å². The number of nitrogens with one attached hydrogen (secondary N) is 2. The molecule has 0 unspecified atom stereocenters. The summed E-state index contributed by atoms with van der Waals surface area (Å²) < 4.78 is 5.22. The van der Waals surface area contributed by atoms with E-state index in [9.17, 15) is 4.79 Å². The van der Waals surface area contributed by atoms with E-state index in [4.69, 9.17) is 9.84 Å². The third-order valence-corrected chi connectivity index (χ3v) is 4.06. The van der Waals surface area contributed by atoms with Crippen molar-refractivity contribution in [2.24, 2.45) is 0 Å². The molecular weight excluding hydrogens is 276 g/mol. The third kappa shape index (κ3) is 7.97. The van der Waals surface area contributed by atoms with Crippen molar-refractivity contribution in [3.8, 4) is 0 Å². The van der Waals surface area contributed by atoms with Crippen LogP contribution in [0.3, 0.4) is 0 Å². The number of hydrogen-bond donors (Lipinski definition) is 3. The number of ether oxygens (including phenoxy) is 1. The van der Waals surface area contributed by atoms with Crippen molar-refractivity contribution < 1.29 is 14.6 Å². The fraction of sp³-hybridized carbons (Fsp3) is 0.929. The van der Waals surface area contributed by atoms with Crippen LogP contribution in [0.4, 0.5) is 4.79 Å². The molecule has 0 aromatic heterocycles. The monoisotopic (exact) mass is 304 g/mol. The van der Waals surface area contributed by atoms with Crippen LogP contribution in [0.15, 0.2) is 0 Å². The summed E-state index contributed by atoms with van der Waals surface area (Å²) in [5.74, 6) is 2.09. The Morgan fingerprint density at radius 1 is 1.30 bits per heavy atom. The molecule has 0 atom stereocenters. The first-order valence-corrected chi connectivity index (χ1v) is 8.47. The van der Waals surface area contributed by atoms with Crippen LogP contribution in [-0.4, -0.2) is 53.5 Å². The summed E-state index contributed by atoms with van der Waals surface area (Å²) in [6.45, 7) is 6.87. The van der Waals surface area contributed by atoms with Crippen molar-refractivity contribution in [2.45, 2.75) is 57.7 Å². The maximum Gasteiger partial charge on any atom is 0.407 e. The minimum atomic E-state index is -0.433. The van der Waals surface area contributed by atoms with Crippen LogP contribution >= 0.6 is 11.8 Å². The molecule has 0 radical (unpaired) electrons. The van der Waals surface area contributed by atoms with Crippen LogP contribution in [0, 0.1) is 0 Å². The number of alkyl carbamates (subject to hydrolysis) is 1. The van der Waals surface area contributed by atoms with Gasteiger partial charge in [-0.3, -0.25) is 0 Å². The van der Waals surface area contributed by atoms with Gasteiger partial charge in [-0.1, -0.05) is 0 Å². The molecule has 1 aliphatic rings. The largest absolute Gasteiger partial charge is 0.444 e. The maximum absolute atomic E-state index is 11.6. The van der Waals surface area contributed by atoms with Crippen LogP contribution in [-0.2, 0) is 4.74 Å². The molecule has 0 aromatic rings. The number of thioether (sulfide) groups is 1. The summed E-state index contributed by atoms with van der Waals surface area (Å²) in [7, 11) is 0. The third-order valence-electron chi connectivity index (χ3n) is 2.99. The molecule has 3 N–H and O–H groups in total. The molecule has 1 rings (SSSR count). The van der Waals surface area contributed by atoms with Gasteiger partial charge in [0.05, 0.1) is 0 Å². The van der Waals surface area contributed by atoms with Crippen LogP contribution in [0.5, 0.6) is 0 Å². The Balaban J connectivity index is 1.96. The van der Waals surface area contributed by atoms with Gasteiger partial charge in [-0.15, -0.1) is 0 Å². The zero-order chi connectivity index (χ0) is 15.0. The van der Waals surface area contributed by atoms with Gasteiger partial charge in [-0.25, -0.2) is 4.79 Å². The summed E-state index contributed by atoms with van der Waals surface area (Å²) in [6.07, 6.45) is 2.50. The van der Waals surface area contributed by atoms with Crippen molar-refractivity contribution in [3.63, 3.8) is 0 Å². The van der Waals surface area contributed by atoms with Crippen molar-refractivity contribution in [2.75, 3.05) is 24.7 Å². The quantitative estimate of drug-likeness (QED) is 0.596. The lowest BCUT2D eigenvalue weighted by atomic mass is 9.87. The van der Waals surface area contributed by atoms with Gasteiger partial charge in [0.15, 0.2) is 0 Å². The van der Waals surface area contributed by atoms with E-state index in [2.05, 4.69) is 10.6 Å². The summed E-state index contributed by atoms with van der Waals surface area (Å²) in [4.78, 5) is 11.6. The van der Waals surface area contributed by atoms with E-state index in [-0.39, 0.29) is 18.7 Å². The Bertz CT molecular complexity index is 289. The first-order chi connectivity index (χ1) is 9.40. The number of carbonyl (C=O) groups excluding carboxylic acids is 1. The van der Waals surface area contributed by atoms with Gasteiger partial charge in [0.1, 0.15) is 5.60 Å². The van der Waals surface area contributed by atoms with Gasteiger partial charge in [0.25, 0.3) is 0 Å². The normalized spacial score (nSPS) is 22.2. The predicted molar refractivity (Wildman–Crippen MR) is 83.2 cm³/mol. The molecule has 0 aliphatic heterocycles. The zero-order valence-corrected chi connectivity index (χ0v) is 13.6. The van der Waals surface area contributed by atoms with Gasteiger partial charge in [-0.2, -0.15) is 11.8 Å². The molecule has 0 bridgehead atoms. The van der Waals surface area contributed by atoms with Gasteiger partial charge in [-0.05, 0) is 45.8 Å².